The molecule has 19 heavy (non-hydrogen) atoms. The molecule has 0 aliphatic carbocycles. The fourth-order valence-electron chi connectivity index (χ4n) is 2.34. The van der Waals surface area contributed by atoms with Crippen molar-refractivity contribution in [3.8, 4) is 0 Å². The first-order valence-electron chi connectivity index (χ1n) is 6.05. The minimum atomic E-state index is -1.55. The molecule has 2 heterocycles. The maximum atomic E-state index is 11.3. The molecule has 0 amide bonds. The molecule has 2 rings (SSSR count). The summed E-state index contributed by atoms with van der Waals surface area (Å²) >= 11 is 0. The zero-order valence-corrected chi connectivity index (χ0v) is 11.2. The van der Waals surface area contributed by atoms with Gasteiger partial charge in [-0.15, -0.1) is 0 Å². The van der Waals surface area contributed by atoms with Crippen molar-refractivity contribution in [2.75, 3.05) is 6.54 Å². The van der Waals surface area contributed by atoms with E-state index in [9.17, 15) is 20.3 Å². The van der Waals surface area contributed by atoms with Crippen molar-refractivity contribution in [1.29, 1.82) is 0 Å². The van der Waals surface area contributed by atoms with Gasteiger partial charge in [0.05, 0.1) is 16.7 Å². The molecule has 0 atom stereocenters. The van der Waals surface area contributed by atoms with E-state index in [-0.39, 0.29) is 17.4 Å². The monoisotopic (exact) mass is 271 g/mol. The van der Waals surface area contributed by atoms with Crippen LogP contribution in [0.15, 0.2) is 6.20 Å². The summed E-state index contributed by atoms with van der Waals surface area (Å²) in [6.45, 7) is 4.29. The molecule has 1 aliphatic rings. The largest absolute Gasteiger partial charge is 0.477 e. The Morgan fingerprint density at radius 1 is 1.47 bits per heavy atom. The first kappa shape index (κ1) is 14.0. The lowest BCUT2D eigenvalue weighted by atomic mass is 10.1. The number of hydrazine groups is 1. The Labute approximate surface area is 110 Å². The van der Waals surface area contributed by atoms with E-state index in [1.54, 1.807) is 12.1 Å². The van der Waals surface area contributed by atoms with Gasteiger partial charge in [-0.3, -0.25) is 0 Å². The summed E-state index contributed by atoms with van der Waals surface area (Å²) < 4.78 is 1.39. The van der Waals surface area contributed by atoms with Gasteiger partial charge in [-0.25, -0.2) is 4.79 Å². The van der Waals surface area contributed by atoms with Gasteiger partial charge in [-0.05, 0) is 25.8 Å². The Balaban J connectivity index is 2.50. The highest BCUT2D eigenvalue weighted by Gasteiger charge is 2.41. The fraction of sp³-hybridized carbons (Fsp3) is 0.545. The SMILES string of the molecule is CC(C)N1CCc2c(cn(C)c2C(=O)O)[N+](O)(O)N1. The second kappa shape index (κ2) is 4.58. The van der Waals surface area contributed by atoms with Crippen molar-refractivity contribution < 1.29 is 20.3 Å². The van der Waals surface area contributed by atoms with Gasteiger partial charge < -0.3 is 9.67 Å². The number of nitrogens with zero attached hydrogens (tertiary/aromatic N) is 3. The molecule has 8 heteroatoms. The molecule has 0 saturated carbocycles. The van der Waals surface area contributed by atoms with E-state index < -0.39 is 10.9 Å². The van der Waals surface area contributed by atoms with Crippen LogP contribution in [-0.4, -0.2) is 43.7 Å². The first-order valence-corrected chi connectivity index (χ1v) is 6.05. The zero-order valence-electron chi connectivity index (χ0n) is 11.2. The topological polar surface area (TPSA) is 98.0 Å². The Morgan fingerprint density at radius 3 is 2.63 bits per heavy atom. The van der Waals surface area contributed by atoms with Crippen molar-refractivity contribution in [3.63, 3.8) is 0 Å². The Morgan fingerprint density at radius 2 is 2.11 bits per heavy atom. The molecule has 106 valence electrons. The van der Waals surface area contributed by atoms with Gasteiger partial charge >= 0.3 is 5.97 Å². The Hall–Kier alpha value is -1.45. The molecule has 1 aromatic heterocycles. The summed E-state index contributed by atoms with van der Waals surface area (Å²) in [6.07, 6.45) is 1.83. The highest BCUT2D eigenvalue weighted by molar-refractivity contribution is 5.89. The van der Waals surface area contributed by atoms with Crippen LogP contribution >= 0.6 is 0 Å². The van der Waals surface area contributed by atoms with Crippen LogP contribution in [-0.2, 0) is 13.5 Å². The minimum Gasteiger partial charge on any atom is -0.477 e. The second-order valence-electron chi connectivity index (χ2n) is 5.00. The van der Waals surface area contributed by atoms with Crippen LogP contribution in [0.1, 0.15) is 29.9 Å². The van der Waals surface area contributed by atoms with Gasteiger partial charge in [0.2, 0.25) is 5.69 Å². The van der Waals surface area contributed by atoms with E-state index in [0.29, 0.717) is 18.5 Å². The van der Waals surface area contributed by atoms with Crippen molar-refractivity contribution in [1.82, 2.24) is 20.0 Å². The third kappa shape index (κ3) is 2.36. The van der Waals surface area contributed by atoms with Gasteiger partial charge in [0.15, 0.2) is 0 Å². The van der Waals surface area contributed by atoms with E-state index in [2.05, 4.69) is 5.53 Å². The number of hydrogen-bond donors (Lipinski definition) is 4. The molecule has 0 aromatic carbocycles. The molecule has 0 fully saturated rings. The van der Waals surface area contributed by atoms with Crippen molar-refractivity contribution >= 4 is 11.7 Å². The Kier molecular flexibility index (Phi) is 3.37. The molecular weight excluding hydrogens is 252 g/mol. The molecule has 0 unspecified atom stereocenters. The van der Waals surface area contributed by atoms with Gasteiger partial charge in [-0.2, -0.15) is 15.4 Å². The molecular formula is C11H19N4O4+. The average molecular weight is 271 g/mol. The third-order valence-corrected chi connectivity index (χ3v) is 3.30. The molecule has 0 saturated heterocycles. The highest BCUT2D eigenvalue weighted by Crippen LogP contribution is 2.30. The number of hydrogen-bond acceptors (Lipinski definition) is 5. The van der Waals surface area contributed by atoms with Crippen LogP contribution in [0.5, 0.6) is 0 Å². The highest BCUT2D eigenvalue weighted by atomic mass is 16.9. The summed E-state index contributed by atoms with van der Waals surface area (Å²) in [5, 5.41) is 31.0. The lowest BCUT2D eigenvalue weighted by molar-refractivity contribution is -0.354. The predicted octanol–water partition coefficient (Wildman–Crippen LogP) is 0.495. The van der Waals surface area contributed by atoms with Gasteiger partial charge in [0.1, 0.15) is 5.69 Å². The van der Waals surface area contributed by atoms with E-state index in [0.717, 1.165) is 0 Å². The fourth-order valence-corrected chi connectivity index (χ4v) is 2.34. The van der Waals surface area contributed by atoms with Gasteiger partial charge in [0.25, 0.3) is 0 Å². The number of carboxylic acids is 1. The van der Waals surface area contributed by atoms with Crippen LogP contribution in [0.3, 0.4) is 0 Å². The Bertz CT molecular complexity index is 509. The molecule has 1 aromatic rings. The quantitative estimate of drug-likeness (QED) is 0.585. The van der Waals surface area contributed by atoms with Crippen LogP contribution in [0.4, 0.5) is 5.69 Å². The van der Waals surface area contributed by atoms with Crippen molar-refractivity contribution in [2.45, 2.75) is 26.3 Å². The van der Waals surface area contributed by atoms with E-state index >= 15 is 0 Å². The number of carbonyl (C=O) groups is 1. The van der Waals surface area contributed by atoms with Crippen LogP contribution < -0.4 is 10.5 Å². The molecule has 4 N–H and O–H groups in total. The normalized spacial score (nSPS) is 19.3. The predicted molar refractivity (Wildman–Crippen MR) is 66.4 cm³/mol. The zero-order chi connectivity index (χ0) is 14.4. The smallest absolute Gasteiger partial charge is 0.353 e. The van der Waals surface area contributed by atoms with Crippen LogP contribution in [0.2, 0.25) is 0 Å². The van der Waals surface area contributed by atoms with Crippen LogP contribution in [0, 0.1) is 0 Å². The standard InChI is InChI=1S/C11H18N4O4/c1-7(2)14-5-4-8-9(15(18,19)12-14)6-13(3)10(8)11(16)17/h6-7,12,18-19H,4-5H2,1-3H3/p+1. The number of quaternary nitrogens is 1. The molecule has 1 aliphatic heterocycles. The maximum Gasteiger partial charge on any atom is 0.353 e. The van der Waals surface area contributed by atoms with Crippen molar-refractivity contribution in [2.24, 2.45) is 7.05 Å². The summed E-state index contributed by atoms with van der Waals surface area (Å²) in [4.78, 5) is 9.72. The van der Waals surface area contributed by atoms with Gasteiger partial charge in [-0.1, -0.05) is 0 Å². The van der Waals surface area contributed by atoms with Crippen molar-refractivity contribution in [3.05, 3.63) is 17.5 Å². The maximum absolute atomic E-state index is 11.3. The number of aryl methyl sites for hydroxylation is 1. The average Bonchev–Trinajstić information content (AvgIpc) is 2.55. The number of nitrogens with one attached hydrogen (secondary N) is 1. The number of carboxylic acid groups (broad SMARTS) is 1. The van der Waals surface area contributed by atoms with E-state index in [1.165, 1.54) is 10.8 Å². The summed E-state index contributed by atoms with van der Waals surface area (Å²) in [7, 11) is 1.57. The summed E-state index contributed by atoms with van der Waals surface area (Å²) in [6, 6.07) is 0.0443. The van der Waals surface area contributed by atoms with E-state index in [4.69, 9.17) is 0 Å². The number of fused-ring (bicyclic) bond motifs is 1. The molecule has 8 nitrogen and oxygen atoms in total. The van der Waals surface area contributed by atoms with E-state index in [1.807, 2.05) is 13.8 Å². The lowest BCUT2D eigenvalue weighted by Crippen LogP contribution is -2.62. The summed E-state index contributed by atoms with van der Waals surface area (Å²) in [5.41, 5.74) is 3.20. The lowest BCUT2D eigenvalue weighted by Gasteiger charge is -2.28. The number of aromatic carboxylic acids is 1. The minimum absolute atomic E-state index is 0.0443. The number of rotatable bonds is 2. The van der Waals surface area contributed by atoms with Crippen LogP contribution in [0.25, 0.3) is 0 Å². The molecule has 0 bridgehead atoms. The first-order chi connectivity index (χ1) is 8.74. The summed E-state index contributed by atoms with van der Waals surface area (Å²) in [5.74, 6) is -1.08. The number of aromatic nitrogens is 1. The van der Waals surface area contributed by atoms with Gasteiger partial charge in [0, 0.05) is 19.6 Å². The molecule has 0 spiro atoms. The molecule has 0 radical (unpaired) electrons. The second-order valence-corrected chi connectivity index (χ2v) is 5.00. The third-order valence-electron chi connectivity index (χ3n) is 3.30.